The molecule has 0 bridgehead atoms. The quantitative estimate of drug-likeness (QED) is 0.539. The van der Waals surface area contributed by atoms with Gasteiger partial charge in [-0.15, -0.1) is 11.3 Å². The normalized spacial score (nSPS) is 17.5. The maximum atomic E-state index is 12.6. The highest BCUT2D eigenvalue weighted by Gasteiger charge is 2.28. The molecule has 1 fully saturated rings. The van der Waals surface area contributed by atoms with E-state index in [0.29, 0.717) is 12.1 Å². The van der Waals surface area contributed by atoms with Crippen LogP contribution in [0.15, 0.2) is 58.9 Å². The van der Waals surface area contributed by atoms with Gasteiger partial charge in [0.05, 0.1) is 11.8 Å². The Morgan fingerprint density at radius 1 is 1.26 bits per heavy atom. The SMILES string of the molecule is O=C(c1ccoc1)N1CCC[C@H](c2nc3ccc(-c4cccs4)cn3n2)C1. The number of fused-ring (bicyclic) bond motifs is 1. The number of carbonyl (C=O) groups is 1. The Morgan fingerprint density at radius 2 is 2.22 bits per heavy atom. The Hall–Kier alpha value is -2.93. The molecule has 1 aliphatic rings. The first kappa shape index (κ1) is 16.3. The Bertz CT molecular complexity index is 1070. The molecule has 1 amide bonds. The van der Waals surface area contributed by atoms with Crippen LogP contribution in [0.1, 0.15) is 34.9 Å². The van der Waals surface area contributed by atoms with Gasteiger partial charge in [-0.1, -0.05) is 6.07 Å². The van der Waals surface area contributed by atoms with Crippen LogP contribution in [-0.4, -0.2) is 38.5 Å². The number of aromatic nitrogens is 3. The van der Waals surface area contributed by atoms with Crippen LogP contribution in [0.25, 0.3) is 16.1 Å². The number of piperidine rings is 1. The fraction of sp³-hybridized carbons (Fsp3) is 0.250. The van der Waals surface area contributed by atoms with Gasteiger partial charge in [-0.2, -0.15) is 5.10 Å². The Labute approximate surface area is 160 Å². The first-order chi connectivity index (χ1) is 13.3. The van der Waals surface area contributed by atoms with E-state index in [9.17, 15) is 4.79 Å². The number of likely N-dealkylation sites (tertiary alicyclic amines) is 1. The smallest absolute Gasteiger partial charge is 0.257 e. The van der Waals surface area contributed by atoms with Crippen LogP contribution >= 0.6 is 11.3 Å². The summed E-state index contributed by atoms with van der Waals surface area (Å²) in [6, 6.07) is 9.94. The van der Waals surface area contributed by atoms with Gasteiger partial charge in [-0.3, -0.25) is 4.79 Å². The van der Waals surface area contributed by atoms with E-state index in [1.54, 1.807) is 17.4 Å². The number of furan rings is 1. The van der Waals surface area contributed by atoms with Crippen LogP contribution in [-0.2, 0) is 0 Å². The summed E-state index contributed by atoms with van der Waals surface area (Å²) in [7, 11) is 0. The summed E-state index contributed by atoms with van der Waals surface area (Å²) in [6.45, 7) is 1.40. The molecule has 6 nitrogen and oxygen atoms in total. The average molecular weight is 378 g/mol. The molecule has 27 heavy (non-hydrogen) atoms. The van der Waals surface area contributed by atoms with E-state index in [-0.39, 0.29) is 11.8 Å². The van der Waals surface area contributed by atoms with Gasteiger partial charge in [-0.05, 0) is 42.5 Å². The maximum absolute atomic E-state index is 12.6. The highest BCUT2D eigenvalue weighted by molar-refractivity contribution is 7.13. The molecular weight excluding hydrogens is 360 g/mol. The van der Waals surface area contributed by atoms with Crippen molar-refractivity contribution in [2.45, 2.75) is 18.8 Å². The molecule has 0 aromatic carbocycles. The van der Waals surface area contributed by atoms with Crippen LogP contribution in [0.2, 0.25) is 0 Å². The van der Waals surface area contributed by atoms with Crippen LogP contribution in [0.4, 0.5) is 0 Å². The van der Waals surface area contributed by atoms with Crippen LogP contribution in [0.3, 0.4) is 0 Å². The molecule has 136 valence electrons. The Balaban J connectivity index is 1.40. The number of nitrogens with zero attached hydrogens (tertiary/aromatic N) is 4. The molecule has 0 radical (unpaired) electrons. The van der Waals surface area contributed by atoms with Gasteiger partial charge < -0.3 is 9.32 Å². The second-order valence-electron chi connectivity index (χ2n) is 6.77. The number of carbonyl (C=O) groups excluding carboxylic acids is 1. The van der Waals surface area contributed by atoms with Crippen molar-refractivity contribution >= 4 is 22.9 Å². The molecule has 7 heteroatoms. The zero-order chi connectivity index (χ0) is 18.2. The molecule has 0 saturated carbocycles. The highest BCUT2D eigenvalue weighted by atomic mass is 32.1. The fourth-order valence-corrected chi connectivity index (χ4v) is 4.32. The third kappa shape index (κ3) is 3.04. The number of pyridine rings is 1. The first-order valence-electron chi connectivity index (χ1n) is 8.99. The molecular formula is C20H18N4O2S. The molecule has 0 N–H and O–H groups in total. The lowest BCUT2D eigenvalue weighted by atomic mass is 9.97. The van der Waals surface area contributed by atoms with Gasteiger partial charge in [0.15, 0.2) is 11.5 Å². The Morgan fingerprint density at radius 3 is 3.04 bits per heavy atom. The Kier molecular flexibility index (Phi) is 4.01. The van der Waals surface area contributed by atoms with Crippen molar-refractivity contribution in [3.63, 3.8) is 0 Å². The lowest BCUT2D eigenvalue weighted by Crippen LogP contribution is -2.39. The summed E-state index contributed by atoms with van der Waals surface area (Å²) in [5.74, 6) is 0.972. The van der Waals surface area contributed by atoms with Gasteiger partial charge in [0, 0.05) is 35.6 Å². The first-order valence-corrected chi connectivity index (χ1v) is 9.87. The van der Waals surface area contributed by atoms with E-state index in [2.05, 4.69) is 17.5 Å². The highest BCUT2D eigenvalue weighted by Crippen LogP contribution is 2.28. The minimum atomic E-state index is 0.0113. The molecule has 5 heterocycles. The largest absolute Gasteiger partial charge is 0.472 e. The van der Waals surface area contributed by atoms with Gasteiger partial charge in [0.2, 0.25) is 0 Å². The van der Waals surface area contributed by atoms with Crippen molar-refractivity contribution in [1.29, 1.82) is 0 Å². The van der Waals surface area contributed by atoms with Crippen molar-refractivity contribution in [2.75, 3.05) is 13.1 Å². The van der Waals surface area contributed by atoms with E-state index < -0.39 is 0 Å². The summed E-state index contributed by atoms with van der Waals surface area (Å²) in [4.78, 5) is 20.4. The summed E-state index contributed by atoms with van der Waals surface area (Å²) < 4.78 is 6.89. The van der Waals surface area contributed by atoms with E-state index in [0.717, 1.165) is 36.4 Å². The van der Waals surface area contributed by atoms with Gasteiger partial charge in [0.1, 0.15) is 6.26 Å². The third-order valence-electron chi connectivity index (χ3n) is 4.99. The number of rotatable bonds is 3. The summed E-state index contributed by atoms with van der Waals surface area (Å²) in [5, 5.41) is 6.79. The summed E-state index contributed by atoms with van der Waals surface area (Å²) in [5.41, 5.74) is 2.57. The van der Waals surface area contributed by atoms with Crippen molar-refractivity contribution < 1.29 is 9.21 Å². The number of hydrogen-bond donors (Lipinski definition) is 0. The zero-order valence-electron chi connectivity index (χ0n) is 14.6. The minimum Gasteiger partial charge on any atom is -0.472 e. The zero-order valence-corrected chi connectivity index (χ0v) is 15.4. The average Bonchev–Trinajstić information content (AvgIpc) is 3.48. The van der Waals surface area contributed by atoms with E-state index in [1.165, 1.54) is 17.4 Å². The lowest BCUT2D eigenvalue weighted by molar-refractivity contribution is 0.0704. The van der Waals surface area contributed by atoms with Gasteiger partial charge >= 0.3 is 0 Å². The van der Waals surface area contributed by atoms with Gasteiger partial charge in [0.25, 0.3) is 5.91 Å². The predicted molar refractivity (Wildman–Crippen MR) is 103 cm³/mol. The molecule has 1 saturated heterocycles. The standard InChI is InChI=1S/C20H18N4O2S/c25-20(16-7-9-26-13-16)23-8-1-3-15(11-23)19-21-18-6-5-14(12-24(18)22-19)17-4-2-10-27-17/h2,4-7,9-10,12-13,15H,1,3,8,11H2/t15-/m0/s1. The second kappa shape index (κ2) is 6.66. The van der Waals surface area contributed by atoms with Crippen LogP contribution in [0.5, 0.6) is 0 Å². The van der Waals surface area contributed by atoms with Crippen molar-refractivity contribution in [1.82, 2.24) is 19.5 Å². The van der Waals surface area contributed by atoms with Crippen molar-refractivity contribution in [2.24, 2.45) is 0 Å². The number of hydrogen-bond acceptors (Lipinski definition) is 5. The van der Waals surface area contributed by atoms with Crippen LogP contribution < -0.4 is 0 Å². The second-order valence-corrected chi connectivity index (χ2v) is 7.72. The number of thiophene rings is 1. The monoisotopic (exact) mass is 378 g/mol. The number of amides is 1. The molecule has 5 rings (SSSR count). The van der Waals surface area contributed by atoms with E-state index >= 15 is 0 Å². The minimum absolute atomic E-state index is 0.0113. The third-order valence-corrected chi connectivity index (χ3v) is 5.91. The molecule has 4 aromatic heterocycles. The topological polar surface area (TPSA) is 63.6 Å². The molecule has 0 spiro atoms. The van der Waals surface area contributed by atoms with Crippen molar-refractivity contribution in [3.05, 3.63) is 65.8 Å². The molecule has 4 aromatic rings. The fourth-order valence-electron chi connectivity index (χ4n) is 3.60. The summed E-state index contributed by atoms with van der Waals surface area (Å²) >= 11 is 1.71. The van der Waals surface area contributed by atoms with Crippen LogP contribution in [0, 0.1) is 0 Å². The molecule has 1 aliphatic heterocycles. The lowest BCUT2D eigenvalue weighted by Gasteiger charge is -2.31. The molecule has 1 atom stereocenters. The molecule has 0 aliphatic carbocycles. The van der Waals surface area contributed by atoms with E-state index in [1.807, 2.05) is 27.7 Å². The van der Waals surface area contributed by atoms with Gasteiger partial charge in [-0.25, -0.2) is 9.50 Å². The summed E-state index contributed by atoms with van der Waals surface area (Å²) in [6.07, 6.45) is 6.99. The van der Waals surface area contributed by atoms with Crippen molar-refractivity contribution in [3.8, 4) is 10.4 Å². The molecule has 0 unspecified atom stereocenters. The predicted octanol–water partition coefficient (Wildman–Crippen LogP) is 4.07. The maximum Gasteiger partial charge on any atom is 0.257 e. The van der Waals surface area contributed by atoms with E-state index in [4.69, 9.17) is 14.5 Å².